The van der Waals surface area contributed by atoms with Crippen LogP contribution in [0.2, 0.25) is 0 Å². The van der Waals surface area contributed by atoms with Gasteiger partial charge in [-0.3, -0.25) is 4.79 Å². The molecule has 0 spiro atoms. The Balaban J connectivity index is 1.15. The van der Waals surface area contributed by atoms with Gasteiger partial charge in [-0.25, -0.2) is 12.8 Å². The predicted molar refractivity (Wildman–Crippen MR) is 150 cm³/mol. The second-order valence-electron chi connectivity index (χ2n) is 13.3. The van der Waals surface area contributed by atoms with Crippen LogP contribution >= 0.6 is 0 Å². The van der Waals surface area contributed by atoms with Gasteiger partial charge in [0.25, 0.3) is 15.9 Å². The van der Waals surface area contributed by atoms with Crippen LogP contribution in [0, 0.1) is 59.1 Å². The zero-order chi connectivity index (χ0) is 29.0. The summed E-state index contributed by atoms with van der Waals surface area (Å²) in [4.78, 5) is 16.0. The number of carbonyl (C=O) groups excluding carboxylic acids is 1. The topological polar surface area (TPSA) is 133 Å². The van der Waals surface area contributed by atoms with Gasteiger partial charge in [-0.15, -0.1) is 4.40 Å². The molecule has 2 N–H and O–H groups in total. The maximum Gasteiger partial charge on any atom is 0.286 e. The summed E-state index contributed by atoms with van der Waals surface area (Å²) in [6, 6.07) is 10.1. The second kappa shape index (κ2) is 7.82. The van der Waals surface area contributed by atoms with E-state index in [1.54, 1.807) is 17.0 Å². The standard InChI is InChI=1S/C30H28FN3O6S2/c1-41(37,38)11-13-4-7-17-18(8-13)42(39,40)33-29(32-17)26-28(35)25-23-19-15-9-16-20(23)22(16)24(21(15)19)27(25)34(30(26)36)10-12-2-5-14(31)6-3-12/h2-8,15-16,19-25,27,35H,9-11H2,1H3,(H,32,33)/t15?,16?,19?,20?,21?,22?,23?,24?,25-,27+/m1/s1. The molecule has 2 aromatic carbocycles. The third-order valence-corrected chi connectivity index (χ3v) is 13.4. The molecule has 0 aromatic heterocycles. The molecule has 0 radical (unpaired) electrons. The first-order valence-corrected chi connectivity index (χ1v) is 17.8. The van der Waals surface area contributed by atoms with E-state index in [4.69, 9.17) is 0 Å². The van der Waals surface area contributed by atoms with E-state index in [1.165, 1.54) is 36.8 Å². The quantitative estimate of drug-likeness (QED) is 0.532. The minimum absolute atomic E-state index is 0.0796. The number of benzene rings is 2. The van der Waals surface area contributed by atoms with Gasteiger partial charge in [0.2, 0.25) is 0 Å². The van der Waals surface area contributed by atoms with E-state index in [9.17, 15) is 31.1 Å². The highest BCUT2D eigenvalue weighted by Gasteiger charge is 2.85. The van der Waals surface area contributed by atoms with Gasteiger partial charge in [0.15, 0.2) is 15.7 Å². The van der Waals surface area contributed by atoms with E-state index >= 15 is 0 Å². The molecule has 9 aliphatic rings. The van der Waals surface area contributed by atoms with E-state index in [-0.39, 0.29) is 63.7 Å². The van der Waals surface area contributed by atoms with Crippen LogP contribution in [0.25, 0.3) is 0 Å². The SMILES string of the molecule is CS(=O)(=O)Cc1ccc2c(c1)S(=O)(=O)N=C(C1=C(O)[C@@H]3C4C5C6CC7C4C7C(C65)[C@@H]3N(Cc3ccc(F)cc3)C1=O)N2. The Morgan fingerprint density at radius 2 is 1.64 bits per heavy atom. The number of hydrogen-bond acceptors (Lipinski definition) is 7. The molecule has 7 saturated carbocycles. The highest BCUT2D eigenvalue weighted by Crippen LogP contribution is 2.87. The molecule has 2 heterocycles. The lowest BCUT2D eigenvalue weighted by molar-refractivity contribution is -0.141. The number of fused-ring (bicyclic) bond motifs is 1. The summed E-state index contributed by atoms with van der Waals surface area (Å²) in [6.45, 7) is 0.218. The molecule has 11 rings (SSSR count). The van der Waals surface area contributed by atoms with Gasteiger partial charge in [-0.05, 0) is 89.2 Å². The smallest absolute Gasteiger partial charge is 0.286 e. The van der Waals surface area contributed by atoms with Crippen LogP contribution in [0.5, 0.6) is 0 Å². The van der Waals surface area contributed by atoms with Crippen molar-refractivity contribution < 1.29 is 31.1 Å². The number of halogens is 1. The largest absolute Gasteiger partial charge is 0.511 e. The zero-order valence-electron chi connectivity index (χ0n) is 22.5. The van der Waals surface area contributed by atoms with Crippen molar-refractivity contribution in [3.05, 3.63) is 70.7 Å². The molecule has 7 aliphatic carbocycles. The Labute approximate surface area is 242 Å². The lowest BCUT2D eigenvalue weighted by Gasteiger charge is -2.54. The number of aliphatic hydroxyl groups is 1. The number of amidine groups is 1. The molecule has 2 aromatic rings. The Hall–Kier alpha value is -3.25. The van der Waals surface area contributed by atoms with Crippen molar-refractivity contribution in [2.45, 2.75) is 29.7 Å². The van der Waals surface area contributed by atoms with Crippen molar-refractivity contribution in [2.75, 3.05) is 11.6 Å². The summed E-state index contributed by atoms with van der Waals surface area (Å²) in [6.07, 6.45) is 2.31. The number of sulfonamides is 1. The Morgan fingerprint density at radius 3 is 2.31 bits per heavy atom. The van der Waals surface area contributed by atoms with Crippen molar-refractivity contribution in [3.8, 4) is 0 Å². The van der Waals surface area contributed by atoms with Gasteiger partial charge < -0.3 is 15.3 Å². The van der Waals surface area contributed by atoms with Crippen LogP contribution in [-0.4, -0.2) is 50.9 Å². The van der Waals surface area contributed by atoms with Crippen LogP contribution in [0.15, 0.2) is 63.1 Å². The maximum absolute atomic E-state index is 14.4. The molecular formula is C30H28FN3O6S2. The third kappa shape index (κ3) is 3.28. The fourth-order valence-electron chi connectivity index (χ4n) is 10.1. The van der Waals surface area contributed by atoms with E-state index in [2.05, 4.69) is 9.71 Å². The summed E-state index contributed by atoms with van der Waals surface area (Å²) in [5.74, 6) is 2.29. The van der Waals surface area contributed by atoms with E-state index < -0.39 is 25.8 Å². The van der Waals surface area contributed by atoms with E-state index in [1.807, 2.05) is 0 Å². The summed E-state index contributed by atoms with van der Waals surface area (Å²) in [5.41, 5.74) is 1.08. The van der Waals surface area contributed by atoms with Crippen molar-refractivity contribution in [3.63, 3.8) is 0 Å². The number of hydrogen-bond donors (Lipinski definition) is 2. The summed E-state index contributed by atoms with van der Waals surface area (Å²) >= 11 is 0. The van der Waals surface area contributed by atoms with E-state index in [0.29, 0.717) is 47.0 Å². The summed E-state index contributed by atoms with van der Waals surface area (Å²) < 4.78 is 68.1. The molecule has 6 unspecified atom stereocenters. The average molecular weight is 610 g/mol. The first-order valence-electron chi connectivity index (χ1n) is 14.3. The minimum Gasteiger partial charge on any atom is -0.511 e. The number of aliphatic hydroxyl groups excluding tert-OH is 1. The van der Waals surface area contributed by atoms with E-state index in [0.717, 1.165) is 11.8 Å². The molecule has 218 valence electrons. The maximum atomic E-state index is 14.4. The monoisotopic (exact) mass is 609 g/mol. The van der Waals surface area contributed by atoms with Gasteiger partial charge in [0.1, 0.15) is 22.0 Å². The zero-order valence-corrected chi connectivity index (χ0v) is 24.1. The molecule has 0 saturated heterocycles. The lowest BCUT2D eigenvalue weighted by Crippen LogP contribution is -2.61. The van der Waals surface area contributed by atoms with Crippen LogP contribution in [0.4, 0.5) is 10.1 Å². The Bertz CT molecular complexity index is 1880. The molecule has 7 fully saturated rings. The molecular weight excluding hydrogens is 581 g/mol. The number of rotatable bonds is 5. The first kappa shape index (κ1) is 25.3. The van der Waals surface area contributed by atoms with Crippen molar-refractivity contribution in [1.82, 2.24) is 4.90 Å². The normalized spacial score (nSPS) is 39.2. The number of sulfone groups is 1. The predicted octanol–water partition coefficient (Wildman–Crippen LogP) is 3.11. The molecule has 8 atom stereocenters. The van der Waals surface area contributed by atoms with Crippen molar-refractivity contribution >= 4 is 37.3 Å². The van der Waals surface area contributed by atoms with Crippen LogP contribution in [0.1, 0.15) is 17.5 Å². The third-order valence-electron chi connectivity index (χ3n) is 11.2. The first-order chi connectivity index (χ1) is 19.9. The van der Waals surface area contributed by atoms with Gasteiger partial charge in [-0.1, -0.05) is 18.2 Å². The molecule has 42 heavy (non-hydrogen) atoms. The average Bonchev–Trinajstić information content (AvgIpc) is 3.84. The molecule has 1 amide bonds. The van der Waals surface area contributed by atoms with Gasteiger partial charge in [0.05, 0.1) is 11.4 Å². The molecule has 12 heteroatoms. The van der Waals surface area contributed by atoms with Crippen LogP contribution in [0.3, 0.4) is 0 Å². The van der Waals surface area contributed by atoms with Crippen LogP contribution in [-0.2, 0) is 37.0 Å². The lowest BCUT2D eigenvalue weighted by atomic mass is 9.59. The highest BCUT2D eigenvalue weighted by atomic mass is 32.2. The molecule has 9 nitrogen and oxygen atoms in total. The number of nitrogens with one attached hydrogen (secondary N) is 1. The summed E-state index contributed by atoms with van der Waals surface area (Å²) in [5, 5.41) is 14.9. The van der Waals surface area contributed by atoms with Gasteiger partial charge in [-0.2, -0.15) is 8.42 Å². The minimum atomic E-state index is -4.32. The summed E-state index contributed by atoms with van der Waals surface area (Å²) in [7, 11) is -7.72. The molecule has 2 aliphatic heterocycles. The number of nitrogens with zero attached hydrogens (tertiary/aromatic N) is 2. The van der Waals surface area contributed by atoms with Gasteiger partial charge >= 0.3 is 0 Å². The highest BCUT2D eigenvalue weighted by molar-refractivity contribution is 7.90. The number of carbonyl (C=O) groups is 1. The van der Waals surface area contributed by atoms with Crippen LogP contribution < -0.4 is 5.32 Å². The Morgan fingerprint density at radius 1 is 1.00 bits per heavy atom. The van der Waals surface area contributed by atoms with Crippen molar-refractivity contribution in [2.24, 2.45) is 57.7 Å². The number of anilines is 1. The second-order valence-corrected chi connectivity index (χ2v) is 17.0. The number of amides is 1. The fraction of sp³-hybridized carbons (Fsp3) is 0.467. The van der Waals surface area contributed by atoms with Crippen molar-refractivity contribution in [1.29, 1.82) is 0 Å². The fourth-order valence-corrected chi connectivity index (χ4v) is 12.0. The van der Waals surface area contributed by atoms with Gasteiger partial charge in [0, 0.05) is 24.8 Å². The Kier molecular flexibility index (Phi) is 4.70. The molecule has 8 bridgehead atoms.